The number of halogens is 1. The van der Waals surface area contributed by atoms with Crippen molar-refractivity contribution in [1.29, 1.82) is 0 Å². The van der Waals surface area contributed by atoms with Gasteiger partial charge in [0.2, 0.25) is 0 Å². The fourth-order valence-electron chi connectivity index (χ4n) is 2.98. The molecule has 1 amide bonds. The zero-order chi connectivity index (χ0) is 20.0. The van der Waals surface area contributed by atoms with Crippen molar-refractivity contribution < 1.29 is 9.90 Å². The molecular formula is C19H14BrN5O3. The largest absolute Gasteiger partial charge is 0.507 e. The third-order valence-electron chi connectivity index (χ3n) is 4.23. The molecule has 4 aromatic rings. The number of benzene rings is 2. The summed E-state index contributed by atoms with van der Waals surface area (Å²) in [7, 11) is 0. The Kier molecular flexibility index (Phi) is 4.23. The maximum Gasteiger partial charge on any atom is 0.332 e. The Bertz CT molecular complexity index is 1310. The van der Waals surface area contributed by atoms with E-state index in [2.05, 4.69) is 30.9 Å². The Balaban J connectivity index is 2.10. The Morgan fingerprint density at radius 2 is 2.00 bits per heavy atom. The Hall–Kier alpha value is -3.46. The van der Waals surface area contributed by atoms with Crippen LogP contribution in [0.4, 0.5) is 0 Å². The molecule has 0 aliphatic carbocycles. The number of fused-ring (bicyclic) bond motifs is 1. The lowest BCUT2D eigenvalue weighted by Crippen LogP contribution is -2.15. The molecule has 0 aliphatic heterocycles. The quantitative estimate of drug-likeness (QED) is 0.452. The van der Waals surface area contributed by atoms with Gasteiger partial charge in [-0.15, -0.1) is 0 Å². The predicted molar refractivity (Wildman–Crippen MR) is 108 cm³/mol. The summed E-state index contributed by atoms with van der Waals surface area (Å²) in [6, 6.07) is 12.0. The number of hydrogen-bond acceptors (Lipinski definition) is 5. The summed E-state index contributed by atoms with van der Waals surface area (Å²) in [5.74, 6) is -0.820. The van der Waals surface area contributed by atoms with Gasteiger partial charge in [0, 0.05) is 4.47 Å². The summed E-state index contributed by atoms with van der Waals surface area (Å²) < 4.78 is 2.03. The molecule has 0 atom stereocenters. The first-order valence-corrected chi connectivity index (χ1v) is 9.03. The molecule has 9 heteroatoms. The SMILES string of the molecule is Cc1cccc(-n2c(=O)[nH]c3c(C(N)=O)nc(-c4cc(Br)ccc4O)nc32)c1. The van der Waals surface area contributed by atoms with E-state index >= 15 is 0 Å². The summed E-state index contributed by atoms with van der Waals surface area (Å²) in [6.45, 7) is 1.90. The average Bonchev–Trinajstić information content (AvgIpc) is 2.98. The van der Waals surface area contributed by atoms with E-state index in [1.54, 1.807) is 18.2 Å². The van der Waals surface area contributed by atoms with E-state index in [0.717, 1.165) is 5.56 Å². The third-order valence-corrected chi connectivity index (χ3v) is 4.72. The normalized spacial score (nSPS) is 11.1. The van der Waals surface area contributed by atoms with Crippen LogP contribution in [0, 0.1) is 6.92 Å². The van der Waals surface area contributed by atoms with Crippen LogP contribution in [-0.4, -0.2) is 30.5 Å². The number of primary amides is 1. The number of nitrogens with one attached hydrogen (secondary N) is 1. The number of phenolic OH excluding ortho intramolecular Hbond substituents is 1. The van der Waals surface area contributed by atoms with Crippen molar-refractivity contribution in [1.82, 2.24) is 19.5 Å². The van der Waals surface area contributed by atoms with Gasteiger partial charge in [-0.2, -0.15) is 0 Å². The molecule has 140 valence electrons. The van der Waals surface area contributed by atoms with Crippen LogP contribution < -0.4 is 11.4 Å². The van der Waals surface area contributed by atoms with Crippen LogP contribution in [0.3, 0.4) is 0 Å². The first-order chi connectivity index (χ1) is 13.3. The van der Waals surface area contributed by atoms with Gasteiger partial charge in [0.05, 0.1) is 11.3 Å². The number of aromatic amines is 1. The molecule has 0 fully saturated rings. The molecule has 4 N–H and O–H groups in total. The van der Waals surface area contributed by atoms with E-state index in [4.69, 9.17) is 5.73 Å². The zero-order valence-electron chi connectivity index (χ0n) is 14.6. The molecule has 2 aromatic carbocycles. The van der Waals surface area contributed by atoms with E-state index in [1.807, 2.05) is 25.1 Å². The monoisotopic (exact) mass is 439 g/mol. The molecule has 2 aromatic heterocycles. The molecular weight excluding hydrogens is 426 g/mol. The topological polar surface area (TPSA) is 127 Å². The van der Waals surface area contributed by atoms with E-state index in [9.17, 15) is 14.7 Å². The van der Waals surface area contributed by atoms with E-state index in [0.29, 0.717) is 15.7 Å². The number of carbonyl (C=O) groups excluding carboxylic acids is 1. The van der Waals surface area contributed by atoms with E-state index in [-0.39, 0.29) is 28.4 Å². The number of aromatic hydroxyl groups is 1. The van der Waals surface area contributed by atoms with Crippen molar-refractivity contribution in [3.8, 4) is 22.8 Å². The highest BCUT2D eigenvalue weighted by atomic mass is 79.9. The number of aryl methyl sites for hydroxylation is 1. The van der Waals surface area contributed by atoms with Crippen LogP contribution in [0.1, 0.15) is 16.1 Å². The number of aromatic nitrogens is 4. The number of hydrogen-bond donors (Lipinski definition) is 3. The number of nitrogens with zero attached hydrogens (tertiary/aromatic N) is 3. The van der Waals surface area contributed by atoms with Crippen molar-refractivity contribution in [2.45, 2.75) is 6.92 Å². The first kappa shape index (κ1) is 17.9. The second kappa shape index (κ2) is 6.61. The smallest absolute Gasteiger partial charge is 0.332 e. The summed E-state index contributed by atoms with van der Waals surface area (Å²) in [6.07, 6.45) is 0. The standard InChI is InChI=1S/C19H14BrN5O3/c1-9-3-2-4-11(7-9)25-18-15(23-19(25)28)14(16(21)27)22-17(24-18)12-8-10(20)5-6-13(12)26/h2-8,26H,1H3,(H2,21,27)(H,23,28). The summed E-state index contributed by atoms with van der Waals surface area (Å²) in [5.41, 5.74) is 7.02. The number of phenols is 1. The molecule has 0 saturated carbocycles. The van der Waals surface area contributed by atoms with Gasteiger partial charge in [-0.05, 0) is 42.8 Å². The van der Waals surface area contributed by atoms with Gasteiger partial charge in [0.25, 0.3) is 5.91 Å². The lowest BCUT2D eigenvalue weighted by atomic mass is 10.2. The third kappa shape index (κ3) is 2.95. The van der Waals surface area contributed by atoms with Crippen molar-refractivity contribution in [2.24, 2.45) is 5.73 Å². The fourth-order valence-corrected chi connectivity index (χ4v) is 3.34. The highest BCUT2D eigenvalue weighted by molar-refractivity contribution is 9.10. The second-order valence-electron chi connectivity index (χ2n) is 6.22. The lowest BCUT2D eigenvalue weighted by Gasteiger charge is -2.08. The second-order valence-corrected chi connectivity index (χ2v) is 7.14. The fraction of sp³-hybridized carbons (Fsp3) is 0.0526. The molecule has 0 radical (unpaired) electrons. The van der Waals surface area contributed by atoms with Gasteiger partial charge < -0.3 is 15.8 Å². The summed E-state index contributed by atoms with van der Waals surface area (Å²) >= 11 is 3.33. The predicted octanol–water partition coefficient (Wildman–Crippen LogP) is 2.65. The molecule has 28 heavy (non-hydrogen) atoms. The molecule has 0 aliphatic rings. The highest BCUT2D eigenvalue weighted by Crippen LogP contribution is 2.31. The van der Waals surface area contributed by atoms with E-state index < -0.39 is 11.6 Å². The molecule has 0 spiro atoms. The van der Waals surface area contributed by atoms with Crippen LogP contribution in [0.2, 0.25) is 0 Å². The number of rotatable bonds is 3. The maximum atomic E-state index is 12.6. The van der Waals surface area contributed by atoms with Gasteiger partial charge in [0.1, 0.15) is 11.3 Å². The minimum absolute atomic E-state index is 0.0699. The molecule has 0 unspecified atom stereocenters. The van der Waals surface area contributed by atoms with Crippen molar-refractivity contribution in [3.63, 3.8) is 0 Å². The number of imidazole rings is 1. The number of carbonyl (C=O) groups is 1. The minimum atomic E-state index is -0.819. The van der Waals surface area contributed by atoms with Gasteiger partial charge >= 0.3 is 5.69 Å². The summed E-state index contributed by atoms with van der Waals surface area (Å²) in [4.78, 5) is 35.9. The highest BCUT2D eigenvalue weighted by Gasteiger charge is 2.21. The van der Waals surface area contributed by atoms with Crippen LogP contribution in [0.15, 0.2) is 51.7 Å². The average molecular weight is 440 g/mol. The lowest BCUT2D eigenvalue weighted by molar-refractivity contribution is 0.0997. The van der Waals surface area contributed by atoms with Gasteiger partial charge in [0.15, 0.2) is 17.2 Å². The molecule has 4 rings (SSSR count). The molecule has 8 nitrogen and oxygen atoms in total. The Morgan fingerprint density at radius 1 is 1.21 bits per heavy atom. The number of nitrogens with two attached hydrogens (primary N) is 1. The first-order valence-electron chi connectivity index (χ1n) is 8.23. The van der Waals surface area contributed by atoms with Crippen molar-refractivity contribution in [2.75, 3.05) is 0 Å². The Morgan fingerprint density at radius 3 is 2.71 bits per heavy atom. The maximum absolute atomic E-state index is 12.6. The van der Waals surface area contributed by atoms with Crippen LogP contribution in [0.25, 0.3) is 28.2 Å². The summed E-state index contributed by atoms with van der Waals surface area (Å²) in [5, 5.41) is 10.2. The van der Waals surface area contributed by atoms with Crippen LogP contribution in [0.5, 0.6) is 5.75 Å². The van der Waals surface area contributed by atoms with Crippen LogP contribution in [-0.2, 0) is 0 Å². The van der Waals surface area contributed by atoms with Crippen molar-refractivity contribution in [3.05, 3.63) is 68.7 Å². The van der Waals surface area contributed by atoms with Gasteiger partial charge in [-0.25, -0.2) is 19.3 Å². The zero-order valence-corrected chi connectivity index (χ0v) is 16.2. The van der Waals surface area contributed by atoms with Gasteiger partial charge in [-0.3, -0.25) is 4.79 Å². The molecule has 2 heterocycles. The Labute approximate surface area is 166 Å². The number of amides is 1. The van der Waals surface area contributed by atoms with Gasteiger partial charge in [-0.1, -0.05) is 28.1 Å². The number of H-pyrrole nitrogens is 1. The van der Waals surface area contributed by atoms with Crippen molar-refractivity contribution >= 4 is 33.0 Å². The molecule has 0 saturated heterocycles. The minimum Gasteiger partial charge on any atom is -0.507 e. The van der Waals surface area contributed by atoms with Crippen LogP contribution >= 0.6 is 15.9 Å². The van der Waals surface area contributed by atoms with E-state index in [1.165, 1.54) is 10.6 Å². The molecule has 0 bridgehead atoms.